The number of aliphatic hydroxyl groups excluding tert-OH is 2. The summed E-state index contributed by atoms with van der Waals surface area (Å²) in [7, 11) is -0.755. The summed E-state index contributed by atoms with van der Waals surface area (Å²) < 4.78 is 17.1. The van der Waals surface area contributed by atoms with E-state index in [1.54, 1.807) is 16.8 Å². The SMILES string of the molecule is CO[C@H]1C(O)[C@@H](OOP(O)CO)O[C@H]1n1ccc2c(N)ncnc21. The van der Waals surface area contributed by atoms with Crippen LogP contribution in [0.25, 0.3) is 11.0 Å². The largest absolute Gasteiger partial charge is 0.387 e. The highest BCUT2D eigenvalue weighted by Crippen LogP contribution is 2.37. The van der Waals surface area contributed by atoms with Crippen molar-refractivity contribution in [1.82, 2.24) is 14.5 Å². The van der Waals surface area contributed by atoms with Gasteiger partial charge in [-0.1, -0.05) is 0 Å². The maximum absolute atomic E-state index is 10.3. The van der Waals surface area contributed by atoms with Crippen molar-refractivity contribution >= 4 is 25.2 Å². The highest BCUT2D eigenvalue weighted by Gasteiger charge is 2.47. The summed E-state index contributed by atoms with van der Waals surface area (Å²) in [5.74, 6) is 0.316. The van der Waals surface area contributed by atoms with Crippen LogP contribution in [0.4, 0.5) is 5.82 Å². The van der Waals surface area contributed by atoms with E-state index in [-0.39, 0.29) is 0 Å². The number of nitrogen functional groups attached to an aromatic ring is 1. The standard InChI is InChI=1S/C12H17N4O7P/c1-20-8-7(18)12(22-23-24(19)5-17)21-11(8)16-3-2-6-9(13)14-4-15-10(6)16/h2-4,7-8,11-12,17-19H,5H2,1H3,(H2,13,14,15)/t7?,8-,11+,12+,24?/m0/s1. The summed E-state index contributed by atoms with van der Waals surface area (Å²) >= 11 is 0. The van der Waals surface area contributed by atoms with Gasteiger partial charge in [0.2, 0.25) is 14.7 Å². The lowest BCUT2D eigenvalue weighted by molar-refractivity contribution is -0.332. The van der Waals surface area contributed by atoms with Crippen molar-refractivity contribution in [1.29, 1.82) is 0 Å². The molecule has 24 heavy (non-hydrogen) atoms. The molecule has 2 aromatic rings. The first kappa shape index (κ1) is 17.4. The minimum Gasteiger partial charge on any atom is -0.387 e. The number of anilines is 1. The van der Waals surface area contributed by atoms with Gasteiger partial charge >= 0.3 is 0 Å². The quantitative estimate of drug-likeness (QED) is 0.299. The fourth-order valence-electron chi connectivity index (χ4n) is 2.49. The predicted octanol–water partition coefficient (Wildman–Crippen LogP) is -0.554. The summed E-state index contributed by atoms with van der Waals surface area (Å²) in [6, 6.07) is 1.72. The van der Waals surface area contributed by atoms with Crippen LogP contribution < -0.4 is 5.73 Å². The van der Waals surface area contributed by atoms with Gasteiger partial charge in [0.25, 0.3) is 0 Å². The van der Waals surface area contributed by atoms with Crippen molar-refractivity contribution in [2.24, 2.45) is 0 Å². The highest BCUT2D eigenvalue weighted by molar-refractivity contribution is 7.45. The fraction of sp³-hybridized carbons (Fsp3) is 0.500. The molecule has 0 amide bonds. The van der Waals surface area contributed by atoms with Gasteiger partial charge in [-0.15, -0.1) is 0 Å². The minimum absolute atomic E-state index is 0.316. The lowest BCUT2D eigenvalue weighted by atomic mass is 10.2. The molecule has 11 nitrogen and oxygen atoms in total. The molecule has 3 rings (SSSR count). The number of nitrogens with two attached hydrogens (primary N) is 1. The van der Waals surface area contributed by atoms with E-state index in [1.165, 1.54) is 13.4 Å². The average molecular weight is 360 g/mol. The van der Waals surface area contributed by atoms with Crippen LogP contribution >= 0.6 is 8.38 Å². The number of hydrogen-bond donors (Lipinski definition) is 4. The van der Waals surface area contributed by atoms with E-state index in [0.717, 1.165) is 0 Å². The molecule has 12 heteroatoms. The number of aliphatic hydroxyl groups is 2. The second kappa shape index (κ2) is 7.21. The number of nitrogens with zero attached hydrogens (tertiary/aromatic N) is 3. The van der Waals surface area contributed by atoms with Gasteiger partial charge in [0.15, 0.2) is 6.23 Å². The highest BCUT2D eigenvalue weighted by atomic mass is 31.2. The fourth-order valence-corrected chi connectivity index (χ4v) is 2.72. The summed E-state index contributed by atoms with van der Waals surface area (Å²) in [5, 5.41) is 19.6. The topological polar surface area (TPSA) is 154 Å². The zero-order valence-electron chi connectivity index (χ0n) is 12.6. The van der Waals surface area contributed by atoms with Crippen molar-refractivity contribution in [3.05, 3.63) is 18.6 Å². The molecule has 0 spiro atoms. The summed E-state index contributed by atoms with van der Waals surface area (Å²) in [6.45, 7) is 0. The zero-order chi connectivity index (χ0) is 17.3. The van der Waals surface area contributed by atoms with E-state index < -0.39 is 39.4 Å². The average Bonchev–Trinajstić information content (AvgIpc) is 3.14. The third-order valence-electron chi connectivity index (χ3n) is 3.60. The van der Waals surface area contributed by atoms with Gasteiger partial charge in [-0.05, 0) is 6.07 Å². The molecule has 0 radical (unpaired) electrons. The van der Waals surface area contributed by atoms with Crippen molar-refractivity contribution in [3.8, 4) is 0 Å². The molecule has 0 bridgehead atoms. The van der Waals surface area contributed by atoms with Gasteiger partial charge in [-0.25, -0.2) is 9.97 Å². The monoisotopic (exact) mass is 360 g/mol. The number of aromatic nitrogens is 3. The molecule has 5 atom stereocenters. The van der Waals surface area contributed by atoms with Crippen LogP contribution in [0.15, 0.2) is 18.6 Å². The van der Waals surface area contributed by atoms with E-state index in [9.17, 15) is 10.00 Å². The first-order valence-corrected chi connectivity index (χ1v) is 8.30. The van der Waals surface area contributed by atoms with Gasteiger partial charge in [0, 0.05) is 13.3 Å². The van der Waals surface area contributed by atoms with Gasteiger partial charge in [0.1, 0.15) is 36.3 Å². The maximum Gasteiger partial charge on any atom is 0.232 e. The smallest absolute Gasteiger partial charge is 0.232 e. The Labute approximate surface area is 137 Å². The van der Waals surface area contributed by atoms with Crippen LogP contribution in [0.2, 0.25) is 0 Å². The summed E-state index contributed by atoms with van der Waals surface area (Å²) in [4.78, 5) is 22.2. The molecule has 0 saturated carbocycles. The molecule has 3 heterocycles. The Balaban J connectivity index is 1.85. The van der Waals surface area contributed by atoms with Crippen LogP contribution in [-0.2, 0) is 19.0 Å². The molecule has 5 N–H and O–H groups in total. The molecule has 1 aliphatic rings. The van der Waals surface area contributed by atoms with Gasteiger partial charge in [-0.3, -0.25) is 0 Å². The number of rotatable bonds is 6. The van der Waals surface area contributed by atoms with Crippen molar-refractivity contribution in [2.45, 2.75) is 24.7 Å². The molecule has 2 unspecified atom stereocenters. The van der Waals surface area contributed by atoms with Crippen molar-refractivity contribution in [2.75, 3.05) is 19.2 Å². The van der Waals surface area contributed by atoms with Crippen LogP contribution in [-0.4, -0.2) is 61.6 Å². The normalized spacial score (nSPS) is 28.5. The van der Waals surface area contributed by atoms with E-state index in [4.69, 9.17) is 25.2 Å². The van der Waals surface area contributed by atoms with E-state index in [1.807, 2.05) is 0 Å². The van der Waals surface area contributed by atoms with Gasteiger partial charge in [0.05, 0.1) is 5.39 Å². The third kappa shape index (κ3) is 3.08. The molecule has 132 valence electrons. The molecular weight excluding hydrogens is 343 g/mol. The first-order valence-electron chi connectivity index (χ1n) is 6.91. The zero-order valence-corrected chi connectivity index (χ0v) is 13.5. The third-order valence-corrected chi connectivity index (χ3v) is 4.10. The predicted molar refractivity (Wildman–Crippen MR) is 81.0 cm³/mol. The Morgan fingerprint density at radius 3 is 2.96 bits per heavy atom. The number of ether oxygens (including phenoxy) is 2. The number of fused-ring (bicyclic) bond motifs is 1. The summed E-state index contributed by atoms with van der Waals surface area (Å²) in [6.07, 6.45) is -1.59. The Bertz CT molecular complexity index is 701. The maximum atomic E-state index is 10.3. The molecule has 0 aromatic carbocycles. The number of hydrogen-bond acceptors (Lipinski definition) is 10. The lowest BCUT2D eigenvalue weighted by Gasteiger charge is -2.20. The first-order chi connectivity index (χ1) is 11.6. The molecule has 1 aliphatic heterocycles. The second-order valence-corrected chi connectivity index (χ2v) is 6.11. The van der Waals surface area contributed by atoms with Crippen LogP contribution in [0, 0.1) is 0 Å². The van der Waals surface area contributed by atoms with E-state index in [0.29, 0.717) is 16.9 Å². The molecule has 1 saturated heterocycles. The Morgan fingerprint density at radius 1 is 1.46 bits per heavy atom. The van der Waals surface area contributed by atoms with Crippen LogP contribution in [0.1, 0.15) is 6.23 Å². The van der Waals surface area contributed by atoms with Crippen LogP contribution in [0.5, 0.6) is 0 Å². The van der Waals surface area contributed by atoms with Crippen molar-refractivity contribution in [3.63, 3.8) is 0 Å². The Hall–Kier alpha value is -1.43. The van der Waals surface area contributed by atoms with E-state index >= 15 is 0 Å². The Kier molecular flexibility index (Phi) is 5.23. The minimum atomic E-state index is -2.17. The van der Waals surface area contributed by atoms with Gasteiger partial charge < -0.3 is 34.9 Å². The molecular formula is C12H17N4O7P. The molecule has 1 fully saturated rings. The van der Waals surface area contributed by atoms with Crippen molar-refractivity contribution < 1.29 is 34.1 Å². The van der Waals surface area contributed by atoms with Gasteiger partial charge in [-0.2, -0.15) is 9.56 Å². The second-order valence-electron chi connectivity index (χ2n) is 4.97. The summed E-state index contributed by atoms with van der Waals surface area (Å²) in [5.41, 5.74) is 6.31. The molecule has 2 aromatic heterocycles. The number of methoxy groups -OCH3 is 1. The van der Waals surface area contributed by atoms with E-state index in [2.05, 4.69) is 14.6 Å². The lowest BCUT2D eigenvalue weighted by Crippen LogP contribution is -2.34. The van der Waals surface area contributed by atoms with Crippen LogP contribution in [0.3, 0.4) is 0 Å². The Morgan fingerprint density at radius 2 is 2.25 bits per heavy atom. The molecule has 0 aliphatic carbocycles.